The fraction of sp³-hybridized carbons (Fsp3) is 0.357. The van der Waals surface area contributed by atoms with Crippen LogP contribution in [0.25, 0.3) is 0 Å². The van der Waals surface area contributed by atoms with Crippen LogP contribution in [0.3, 0.4) is 0 Å². The predicted octanol–water partition coefficient (Wildman–Crippen LogP) is 0.939. The van der Waals surface area contributed by atoms with Crippen molar-refractivity contribution in [3.8, 4) is 0 Å². The topological polar surface area (TPSA) is 97.1 Å². The van der Waals surface area contributed by atoms with Crippen molar-refractivity contribution in [2.75, 3.05) is 29.5 Å². The van der Waals surface area contributed by atoms with Gasteiger partial charge in [-0.25, -0.2) is 14.0 Å². The Kier molecular flexibility index (Phi) is 4.49. The molecular formula is C14H15FN4O4S. The molecule has 1 aromatic carbocycles. The van der Waals surface area contributed by atoms with Gasteiger partial charge in [0.05, 0.1) is 23.4 Å². The summed E-state index contributed by atoms with van der Waals surface area (Å²) in [5.41, 5.74) is 7.46. The minimum Gasteiger partial charge on any atom is -0.447 e. The van der Waals surface area contributed by atoms with E-state index in [1.807, 2.05) is 0 Å². The smallest absolute Gasteiger partial charge is 0.416 e. The van der Waals surface area contributed by atoms with Gasteiger partial charge in [-0.3, -0.25) is 15.5 Å². The standard InChI is InChI=1S/C14H15FN4O4S/c15-9-5-8(1-2-10(9)18-3-4-22-13(18)20)19-11(6-17-7-24)12(16)23-14(19)21/h1-2,5,7,11-12H,3-4,6,16H2,(H,17,24). The zero-order valence-corrected chi connectivity index (χ0v) is 13.3. The van der Waals surface area contributed by atoms with Crippen LogP contribution in [0.5, 0.6) is 0 Å². The first-order valence-corrected chi connectivity index (χ1v) is 7.66. The van der Waals surface area contributed by atoms with E-state index in [9.17, 15) is 14.0 Å². The van der Waals surface area contributed by atoms with E-state index in [0.29, 0.717) is 0 Å². The Balaban J connectivity index is 1.88. The van der Waals surface area contributed by atoms with Crippen LogP contribution in [0.2, 0.25) is 0 Å². The van der Waals surface area contributed by atoms with Gasteiger partial charge in [0, 0.05) is 6.54 Å². The number of ether oxygens (including phenoxy) is 2. The number of rotatable bonds is 5. The molecule has 0 aromatic heterocycles. The van der Waals surface area contributed by atoms with Gasteiger partial charge < -0.3 is 14.8 Å². The van der Waals surface area contributed by atoms with E-state index in [1.54, 1.807) is 0 Å². The van der Waals surface area contributed by atoms with E-state index in [0.717, 1.165) is 6.07 Å². The number of anilines is 2. The number of carbonyl (C=O) groups is 2. The number of nitrogens with one attached hydrogen (secondary N) is 1. The maximum Gasteiger partial charge on any atom is 0.416 e. The van der Waals surface area contributed by atoms with Gasteiger partial charge >= 0.3 is 12.2 Å². The van der Waals surface area contributed by atoms with Crippen molar-refractivity contribution in [3.05, 3.63) is 24.0 Å². The summed E-state index contributed by atoms with van der Waals surface area (Å²) >= 11 is 4.69. The third-order valence-corrected chi connectivity index (χ3v) is 3.98. The Morgan fingerprint density at radius 1 is 1.42 bits per heavy atom. The molecule has 24 heavy (non-hydrogen) atoms. The quantitative estimate of drug-likeness (QED) is 0.760. The van der Waals surface area contributed by atoms with Gasteiger partial charge in [0.15, 0.2) is 6.23 Å². The average Bonchev–Trinajstić information content (AvgIpc) is 3.08. The Hall–Kier alpha value is -2.46. The molecule has 2 saturated heterocycles. The molecule has 0 radical (unpaired) electrons. The van der Waals surface area contributed by atoms with Crippen LogP contribution in [0.4, 0.5) is 25.4 Å². The minimum atomic E-state index is -0.865. The predicted molar refractivity (Wildman–Crippen MR) is 87.5 cm³/mol. The molecule has 128 valence electrons. The Morgan fingerprint density at radius 2 is 2.21 bits per heavy atom. The van der Waals surface area contributed by atoms with Gasteiger partial charge in [0.1, 0.15) is 18.5 Å². The SMILES string of the molecule is NC1OC(=O)N(c2ccc(N3CCOC3=O)c(F)c2)C1CNC=S. The lowest BCUT2D eigenvalue weighted by atomic mass is 10.2. The average molecular weight is 354 g/mol. The summed E-state index contributed by atoms with van der Waals surface area (Å²) in [4.78, 5) is 26.0. The molecule has 0 saturated carbocycles. The van der Waals surface area contributed by atoms with Gasteiger partial charge in [-0.2, -0.15) is 0 Å². The van der Waals surface area contributed by atoms with Crippen LogP contribution in [0.1, 0.15) is 0 Å². The third-order valence-electron chi connectivity index (χ3n) is 3.82. The summed E-state index contributed by atoms with van der Waals surface area (Å²) in [6.45, 7) is 0.740. The van der Waals surface area contributed by atoms with Crippen molar-refractivity contribution in [2.45, 2.75) is 12.3 Å². The molecule has 1 aromatic rings. The van der Waals surface area contributed by atoms with Crippen LogP contribution in [0, 0.1) is 5.82 Å². The van der Waals surface area contributed by atoms with Crippen molar-refractivity contribution in [2.24, 2.45) is 5.73 Å². The summed E-state index contributed by atoms with van der Waals surface area (Å²) in [5.74, 6) is -0.652. The molecule has 2 aliphatic rings. The van der Waals surface area contributed by atoms with Gasteiger partial charge in [0.25, 0.3) is 0 Å². The normalized spacial score (nSPS) is 23.2. The van der Waals surface area contributed by atoms with Crippen molar-refractivity contribution in [1.82, 2.24) is 5.32 Å². The molecule has 2 atom stereocenters. The summed E-state index contributed by atoms with van der Waals surface area (Å²) in [6, 6.07) is 3.55. The molecule has 2 heterocycles. The van der Waals surface area contributed by atoms with Crippen molar-refractivity contribution >= 4 is 41.3 Å². The first-order chi connectivity index (χ1) is 11.5. The van der Waals surface area contributed by atoms with E-state index >= 15 is 0 Å². The molecule has 2 unspecified atom stereocenters. The van der Waals surface area contributed by atoms with Crippen molar-refractivity contribution in [1.29, 1.82) is 0 Å². The zero-order valence-electron chi connectivity index (χ0n) is 12.5. The molecule has 2 amide bonds. The number of carbonyl (C=O) groups excluding carboxylic acids is 2. The summed E-state index contributed by atoms with van der Waals surface area (Å²) in [5, 5.41) is 2.79. The molecule has 2 fully saturated rings. The largest absolute Gasteiger partial charge is 0.447 e. The van der Waals surface area contributed by atoms with E-state index in [4.69, 9.17) is 15.2 Å². The molecule has 0 spiro atoms. The maximum absolute atomic E-state index is 14.4. The second-order valence-corrected chi connectivity index (χ2v) is 5.45. The van der Waals surface area contributed by atoms with Crippen LogP contribution < -0.4 is 20.9 Å². The highest BCUT2D eigenvalue weighted by molar-refractivity contribution is 7.78. The van der Waals surface area contributed by atoms with E-state index in [1.165, 1.54) is 27.4 Å². The van der Waals surface area contributed by atoms with Crippen molar-refractivity contribution < 1.29 is 23.5 Å². The molecule has 8 nitrogen and oxygen atoms in total. The lowest BCUT2D eigenvalue weighted by molar-refractivity contribution is 0.135. The van der Waals surface area contributed by atoms with Crippen LogP contribution in [-0.4, -0.2) is 49.6 Å². The molecule has 0 aliphatic carbocycles. The van der Waals surface area contributed by atoms with Crippen LogP contribution in [-0.2, 0) is 9.47 Å². The Bertz CT molecular complexity index is 689. The molecule has 3 rings (SSSR count). The fourth-order valence-electron chi connectivity index (χ4n) is 2.68. The van der Waals surface area contributed by atoms with Crippen molar-refractivity contribution in [3.63, 3.8) is 0 Å². The fourth-order valence-corrected chi connectivity index (χ4v) is 2.78. The molecule has 10 heteroatoms. The number of amides is 2. The van der Waals surface area contributed by atoms with E-state index in [-0.39, 0.29) is 31.1 Å². The first kappa shape index (κ1) is 16.4. The number of nitrogens with two attached hydrogens (primary N) is 1. The summed E-state index contributed by atoms with van der Waals surface area (Å²) in [7, 11) is 0. The third kappa shape index (κ3) is 2.85. The highest BCUT2D eigenvalue weighted by Crippen LogP contribution is 2.30. The zero-order chi connectivity index (χ0) is 17.3. The number of halogens is 1. The number of cyclic esters (lactones) is 2. The van der Waals surface area contributed by atoms with Gasteiger partial charge in [-0.05, 0) is 18.2 Å². The summed E-state index contributed by atoms with van der Waals surface area (Å²) in [6.07, 6.45) is -2.14. The van der Waals surface area contributed by atoms with Crippen LogP contribution >= 0.6 is 12.2 Å². The Morgan fingerprint density at radius 3 is 2.83 bits per heavy atom. The second-order valence-electron chi connectivity index (χ2n) is 5.21. The monoisotopic (exact) mass is 354 g/mol. The first-order valence-electron chi connectivity index (χ1n) is 7.19. The molecule has 0 bridgehead atoms. The number of hydrogen-bond acceptors (Lipinski definition) is 6. The lowest BCUT2D eigenvalue weighted by Crippen LogP contribution is -2.47. The highest BCUT2D eigenvalue weighted by Gasteiger charge is 2.41. The highest BCUT2D eigenvalue weighted by atomic mass is 32.1. The second kappa shape index (κ2) is 6.57. The number of hydrogen-bond donors (Lipinski definition) is 2. The number of nitrogens with zero attached hydrogens (tertiary/aromatic N) is 2. The van der Waals surface area contributed by atoms with E-state index in [2.05, 4.69) is 17.5 Å². The molecule has 2 aliphatic heterocycles. The Labute approximate surface area is 142 Å². The number of thiocarbonyl (C=S) groups is 1. The van der Waals surface area contributed by atoms with Gasteiger partial charge in [-0.1, -0.05) is 12.2 Å². The van der Waals surface area contributed by atoms with Crippen LogP contribution in [0.15, 0.2) is 18.2 Å². The molecular weight excluding hydrogens is 339 g/mol. The number of benzene rings is 1. The maximum atomic E-state index is 14.4. The molecule has 3 N–H and O–H groups in total. The van der Waals surface area contributed by atoms with Gasteiger partial charge in [0.2, 0.25) is 0 Å². The van der Waals surface area contributed by atoms with Gasteiger partial charge in [-0.15, -0.1) is 0 Å². The minimum absolute atomic E-state index is 0.0895. The summed E-state index contributed by atoms with van der Waals surface area (Å²) < 4.78 is 24.2. The van der Waals surface area contributed by atoms with E-state index < -0.39 is 30.3 Å². The lowest BCUT2D eigenvalue weighted by Gasteiger charge is -2.24.